The van der Waals surface area contributed by atoms with Gasteiger partial charge in [-0.1, -0.05) is 20.8 Å². The molecule has 88 valence electrons. The lowest BCUT2D eigenvalue weighted by Crippen LogP contribution is -2.35. The van der Waals surface area contributed by atoms with E-state index in [0.717, 1.165) is 11.1 Å². The monoisotopic (exact) mass is 226 g/mol. The van der Waals surface area contributed by atoms with E-state index in [1.54, 1.807) is 0 Å². The normalized spacial score (nSPS) is 27.6. The van der Waals surface area contributed by atoms with Crippen molar-refractivity contribution < 1.29 is 13.9 Å². The average molecular weight is 226 g/mol. The van der Waals surface area contributed by atoms with Crippen molar-refractivity contribution >= 4 is 0 Å². The summed E-state index contributed by atoms with van der Waals surface area (Å²) >= 11 is 0. The number of rotatable bonds is 0. The van der Waals surface area contributed by atoms with E-state index in [4.69, 9.17) is 0 Å². The molecule has 0 amide bonds. The molecule has 0 saturated heterocycles. The van der Waals surface area contributed by atoms with Gasteiger partial charge in [0.1, 0.15) is 0 Å². The van der Waals surface area contributed by atoms with Crippen LogP contribution in [0.2, 0.25) is 0 Å². The first-order chi connectivity index (χ1) is 7.33. The minimum atomic E-state index is -0.837. The second-order valence-electron chi connectivity index (χ2n) is 5.30. The largest absolute Gasteiger partial charge is 0.392 e. The molecule has 2 rings (SSSR count). The molecule has 0 spiro atoms. The lowest BCUT2D eigenvalue weighted by Gasteiger charge is -2.39. The van der Waals surface area contributed by atoms with Gasteiger partial charge in [-0.2, -0.15) is 0 Å². The maximum absolute atomic E-state index is 13.2. The van der Waals surface area contributed by atoms with Crippen LogP contribution in [0, 0.1) is 11.6 Å². The summed E-state index contributed by atoms with van der Waals surface area (Å²) in [6.45, 7) is 5.73. The standard InChI is InChI=1S/C13H16F2O/c1-7-8-4-10(14)11(15)5-9(8)13(2,3)6-12(7)16/h4-5,7,12,16H,6H2,1-3H3. The SMILES string of the molecule is CC1c2cc(F)c(F)cc2C(C)(C)CC1O. The summed E-state index contributed by atoms with van der Waals surface area (Å²) in [5.74, 6) is -1.79. The Morgan fingerprint density at radius 1 is 1.25 bits per heavy atom. The van der Waals surface area contributed by atoms with Crippen molar-refractivity contribution in [2.45, 2.75) is 44.6 Å². The molecule has 0 radical (unpaired) electrons. The van der Waals surface area contributed by atoms with Crippen LogP contribution >= 0.6 is 0 Å². The van der Waals surface area contributed by atoms with Crippen molar-refractivity contribution in [3.63, 3.8) is 0 Å². The Labute approximate surface area is 94.1 Å². The molecule has 1 aromatic carbocycles. The molecule has 0 fully saturated rings. The maximum atomic E-state index is 13.2. The Hall–Kier alpha value is -0.960. The van der Waals surface area contributed by atoms with E-state index in [2.05, 4.69) is 0 Å². The van der Waals surface area contributed by atoms with Crippen molar-refractivity contribution in [3.8, 4) is 0 Å². The van der Waals surface area contributed by atoms with Crippen LogP contribution < -0.4 is 0 Å². The fourth-order valence-corrected chi connectivity index (χ4v) is 2.54. The first kappa shape index (κ1) is 11.5. The highest BCUT2D eigenvalue weighted by atomic mass is 19.2. The van der Waals surface area contributed by atoms with E-state index >= 15 is 0 Å². The second kappa shape index (κ2) is 3.52. The van der Waals surface area contributed by atoms with Gasteiger partial charge in [0.2, 0.25) is 0 Å². The summed E-state index contributed by atoms with van der Waals surface area (Å²) < 4.78 is 26.4. The van der Waals surface area contributed by atoms with Gasteiger partial charge in [-0.15, -0.1) is 0 Å². The fourth-order valence-electron chi connectivity index (χ4n) is 2.54. The molecule has 3 heteroatoms. The van der Waals surface area contributed by atoms with E-state index < -0.39 is 17.7 Å². The van der Waals surface area contributed by atoms with Crippen LogP contribution in [0.25, 0.3) is 0 Å². The molecule has 1 N–H and O–H groups in total. The van der Waals surface area contributed by atoms with Gasteiger partial charge in [0, 0.05) is 5.92 Å². The van der Waals surface area contributed by atoms with Crippen LogP contribution in [-0.2, 0) is 5.41 Å². The molecule has 0 aliphatic heterocycles. The molecule has 1 aliphatic carbocycles. The number of benzene rings is 1. The van der Waals surface area contributed by atoms with E-state index in [-0.39, 0.29) is 11.3 Å². The molecule has 16 heavy (non-hydrogen) atoms. The van der Waals surface area contributed by atoms with Gasteiger partial charge in [0.25, 0.3) is 0 Å². The van der Waals surface area contributed by atoms with Crippen LogP contribution in [0.15, 0.2) is 12.1 Å². The Morgan fingerprint density at radius 2 is 1.81 bits per heavy atom. The smallest absolute Gasteiger partial charge is 0.159 e. The number of aliphatic hydroxyl groups excluding tert-OH is 1. The summed E-state index contributed by atoms with van der Waals surface area (Å²) in [6.07, 6.45) is 0.0824. The van der Waals surface area contributed by atoms with Gasteiger partial charge in [0.05, 0.1) is 6.10 Å². The van der Waals surface area contributed by atoms with Gasteiger partial charge >= 0.3 is 0 Å². The highest BCUT2D eigenvalue weighted by Gasteiger charge is 2.37. The summed E-state index contributed by atoms with van der Waals surface area (Å²) in [4.78, 5) is 0. The average Bonchev–Trinajstić information content (AvgIpc) is 2.17. The maximum Gasteiger partial charge on any atom is 0.159 e. The number of aliphatic hydroxyl groups is 1. The summed E-state index contributed by atoms with van der Waals surface area (Å²) in [7, 11) is 0. The molecular weight excluding hydrogens is 210 g/mol. The second-order valence-corrected chi connectivity index (χ2v) is 5.30. The van der Waals surface area contributed by atoms with Gasteiger partial charge in [-0.3, -0.25) is 0 Å². The van der Waals surface area contributed by atoms with E-state index in [0.29, 0.717) is 6.42 Å². The van der Waals surface area contributed by atoms with Gasteiger partial charge in [-0.25, -0.2) is 8.78 Å². The molecule has 1 aromatic rings. The zero-order chi connectivity index (χ0) is 12.1. The zero-order valence-corrected chi connectivity index (χ0v) is 9.72. The van der Waals surface area contributed by atoms with Crippen LogP contribution in [0.3, 0.4) is 0 Å². The minimum Gasteiger partial charge on any atom is -0.392 e. The third-order valence-electron chi connectivity index (χ3n) is 3.61. The highest BCUT2D eigenvalue weighted by molar-refractivity contribution is 5.40. The Morgan fingerprint density at radius 3 is 2.44 bits per heavy atom. The Bertz CT molecular complexity index is 426. The van der Waals surface area contributed by atoms with E-state index in [9.17, 15) is 13.9 Å². The van der Waals surface area contributed by atoms with Gasteiger partial charge < -0.3 is 5.11 Å². The summed E-state index contributed by atoms with van der Waals surface area (Å²) in [6, 6.07) is 2.49. The van der Waals surface area contributed by atoms with Crippen LogP contribution in [0.5, 0.6) is 0 Å². The molecule has 0 heterocycles. The quantitative estimate of drug-likeness (QED) is 0.720. The summed E-state index contributed by atoms with van der Waals surface area (Å²) in [5, 5.41) is 9.90. The van der Waals surface area contributed by atoms with Crippen molar-refractivity contribution in [3.05, 3.63) is 34.9 Å². The van der Waals surface area contributed by atoms with E-state index in [1.165, 1.54) is 12.1 Å². The predicted octanol–water partition coefficient (Wildman–Crippen LogP) is 3.11. The number of fused-ring (bicyclic) bond motifs is 1. The highest BCUT2D eigenvalue weighted by Crippen LogP contribution is 2.43. The fraction of sp³-hybridized carbons (Fsp3) is 0.538. The van der Waals surface area contributed by atoms with Crippen LogP contribution in [-0.4, -0.2) is 11.2 Å². The minimum absolute atomic E-state index is 0.141. The lowest BCUT2D eigenvalue weighted by atomic mass is 9.68. The van der Waals surface area contributed by atoms with Gasteiger partial charge in [-0.05, 0) is 35.1 Å². The topological polar surface area (TPSA) is 20.2 Å². The van der Waals surface area contributed by atoms with Crippen molar-refractivity contribution in [2.24, 2.45) is 0 Å². The third-order valence-corrected chi connectivity index (χ3v) is 3.61. The third kappa shape index (κ3) is 1.63. The molecule has 2 atom stereocenters. The molecule has 0 bridgehead atoms. The van der Waals surface area contributed by atoms with Crippen molar-refractivity contribution in [2.75, 3.05) is 0 Å². The molecule has 0 saturated carbocycles. The zero-order valence-electron chi connectivity index (χ0n) is 9.72. The molecule has 2 unspecified atom stereocenters. The number of hydrogen-bond acceptors (Lipinski definition) is 1. The Kier molecular flexibility index (Phi) is 2.54. The van der Waals surface area contributed by atoms with E-state index in [1.807, 2.05) is 20.8 Å². The molecule has 0 aromatic heterocycles. The van der Waals surface area contributed by atoms with Crippen LogP contribution in [0.4, 0.5) is 8.78 Å². The van der Waals surface area contributed by atoms with Crippen LogP contribution in [0.1, 0.15) is 44.2 Å². The Balaban J connectivity index is 2.64. The molecule has 1 aliphatic rings. The lowest BCUT2D eigenvalue weighted by molar-refractivity contribution is 0.103. The summed E-state index contributed by atoms with van der Waals surface area (Å²) in [5.41, 5.74) is 1.22. The van der Waals surface area contributed by atoms with Gasteiger partial charge in [0.15, 0.2) is 11.6 Å². The van der Waals surface area contributed by atoms with Crippen molar-refractivity contribution in [1.29, 1.82) is 0 Å². The first-order valence-corrected chi connectivity index (χ1v) is 5.50. The number of hydrogen-bond donors (Lipinski definition) is 1. The predicted molar refractivity (Wildman–Crippen MR) is 58.4 cm³/mol. The molecular formula is C13H16F2O. The molecule has 1 nitrogen and oxygen atoms in total. The van der Waals surface area contributed by atoms with Crippen molar-refractivity contribution in [1.82, 2.24) is 0 Å². The number of halogens is 2. The first-order valence-electron chi connectivity index (χ1n) is 5.50.